The summed E-state index contributed by atoms with van der Waals surface area (Å²) < 4.78 is 13.2. The van der Waals surface area contributed by atoms with Gasteiger partial charge in [-0.1, -0.05) is 19.1 Å². The van der Waals surface area contributed by atoms with E-state index in [9.17, 15) is 9.50 Å². The topological polar surface area (TPSA) is 23.5 Å². The van der Waals surface area contributed by atoms with Crippen LogP contribution in [0.1, 0.15) is 31.7 Å². The van der Waals surface area contributed by atoms with Gasteiger partial charge in [0.2, 0.25) is 0 Å². The minimum Gasteiger partial charge on any atom is -0.505 e. The normalized spacial score (nSPS) is 22.4. The minimum atomic E-state index is -0.523. The zero-order chi connectivity index (χ0) is 12.3. The molecule has 1 unspecified atom stereocenters. The first-order valence-corrected chi connectivity index (χ1v) is 6.35. The molecule has 17 heavy (non-hydrogen) atoms. The number of likely N-dealkylation sites (tertiary alicyclic amines) is 1. The van der Waals surface area contributed by atoms with Crippen LogP contribution in [0.5, 0.6) is 5.75 Å². The maximum Gasteiger partial charge on any atom is 0.165 e. The Kier molecular flexibility index (Phi) is 4.00. The molecule has 1 aromatic rings. The summed E-state index contributed by atoms with van der Waals surface area (Å²) in [4.78, 5) is 2.30. The van der Waals surface area contributed by atoms with E-state index in [1.807, 2.05) is 0 Å². The molecule has 2 nitrogen and oxygen atoms in total. The van der Waals surface area contributed by atoms with Gasteiger partial charge in [0, 0.05) is 12.1 Å². The van der Waals surface area contributed by atoms with Crippen molar-refractivity contribution in [2.45, 2.75) is 32.7 Å². The van der Waals surface area contributed by atoms with Crippen molar-refractivity contribution in [3.63, 3.8) is 0 Å². The van der Waals surface area contributed by atoms with Crippen LogP contribution < -0.4 is 0 Å². The molecule has 94 valence electrons. The van der Waals surface area contributed by atoms with Crippen LogP contribution in [0.4, 0.5) is 4.39 Å². The average Bonchev–Trinajstić information content (AvgIpc) is 2.50. The average molecular weight is 237 g/mol. The SMILES string of the molecule is CC1CCCN(Cc2cccc(F)c2O)CC1. The van der Waals surface area contributed by atoms with Gasteiger partial charge in [0.15, 0.2) is 11.6 Å². The lowest BCUT2D eigenvalue weighted by Gasteiger charge is -2.20. The fraction of sp³-hybridized carbons (Fsp3) is 0.571. The minimum absolute atomic E-state index is 0.190. The molecule has 2 rings (SSSR count). The van der Waals surface area contributed by atoms with E-state index in [0.29, 0.717) is 12.1 Å². The van der Waals surface area contributed by atoms with Crippen molar-refractivity contribution in [1.29, 1.82) is 0 Å². The third-order valence-electron chi connectivity index (χ3n) is 3.57. The van der Waals surface area contributed by atoms with Crippen LogP contribution in [0.25, 0.3) is 0 Å². The van der Waals surface area contributed by atoms with Crippen LogP contribution >= 0.6 is 0 Å². The second kappa shape index (κ2) is 5.50. The molecule has 0 amide bonds. The van der Waals surface area contributed by atoms with Crippen LogP contribution in [-0.2, 0) is 6.54 Å². The monoisotopic (exact) mass is 237 g/mol. The number of hydrogen-bond acceptors (Lipinski definition) is 2. The molecule has 0 bridgehead atoms. The first-order valence-electron chi connectivity index (χ1n) is 6.35. The molecular weight excluding hydrogens is 217 g/mol. The number of halogens is 1. The molecule has 0 aliphatic carbocycles. The third-order valence-corrected chi connectivity index (χ3v) is 3.57. The van der Waals surface area contributed by atoms with E-state index in [1.54, 1.807) is 12.1 Å². The molecule has 3 heteroatoms. The molecule has 1 aliphatic heterocycles. The summed E-state index contributed by atoms with van der Waals surface area (Å²) in [6, 6.07) is 4.75. The highest BCUT2D eigenvalue weighted by Crippen LogP contribution is 2.24. The quantitative estimate of drug-likeness (QED) is 0.854. The van der Waals surface area contributed by atoms with Gasteiger partial charge < -0.3 is 5.11 Å². The van der Waals surface area contributed by atoms with Crippen molar-refractivity contribution in [2.24, 2.45) is 5.92 Å². The molecule has 1 aliphatic rings. The Morgan fingerprint density at radius 3 is 3.00 bits per heavy atom. The van der Waals surface area contributed by atoms with Crippen molar-refractivity contribution >= 4 is 0 Å². The van der Waals surface area contributed by atoms with E-state index in [1.165, 1.54) is 25.3 Å². The number of aromatic hydroxyl groups is 1. The summed E-state index contributed by atoms with van der Waals surface area (Å²) in [6.45, 7) is 5.01. The Balaban J connectivity index is 2.02. The fourth-order valence-electron chi connectivity index (χ4n) is 2.41. The molecule has 1 saturated heterocycles. The Morgan fingerprint density at radius 1 is 1.35 bits per heavy atom. The molecule has 1 atom stereocenters. The second-order valence-corrected chi connectivity index (χ2v) is 5.06. The highest BCUT2D eigenvalue weighted by molar-refractivity contribution is 5.33. The maximum absolute atomic E-state index is 13.2. The summed E-state index contributed by atoms with van der Waals surface area (Å²) in [6.07, 6.45) is 3.65. The summed E-state index contributed by atoms with van der Waals surface area (Å²) in [5, 5.41) is 9.65. The number of para-hydroxylation sites is 1. The molecule has 0 saturated carbocycles. The highest BCUT2D eigenvalue weighted by atomic mass is 19.1. The van der Waals surface area contributed by atoms with Crippen LogP contribution in [-0.4, -0.2) is 23.1 Å². The molecule has 1 N–H and O–H groups in total. The van der Waals surface area contributed by atoms with Gasteiger partial charge in [-0.25, -0.2) is 4.39 Å². The zero-order valence-corrected chi connectivity index (χ0v) is 10.3. The van der Waals surface area contributed by atoms with Crippen molar-refractivity contribution in [1.82, 2.24) is 4.90 Å². The maximum atomic E-state index is 13.2. The zero-order valence-electron chi connectivity index (χ0n) is 10.3. The lowest BCUT2D eigenvalue weighted by atomic mass is 10.0. The largest absolute Gasteiger partial charge is 0.505 e. The predicted molar refractivity (Wildman–Crippen MR) is 66.4 cm³/mol. The van der Waals surface area contributed by atoms with Crippen LogP contribution in [0.3, 0.4) is 0 Å². The van der Waals surface area contributed by atoms with E-state index in [4.69, 9.17) is 0 Å². The molecule has 1 fully saturated rings. The second-order valence-electron chi connectivity index (χ2n) is 5.06. The Hall–Kier alpha value is -1.09. The van der Waals surface area contributed by atoms with Gasteiger partial charge in [-0.2, -0.15) is 0 Å². The van der Waals surface area contributed by atoms with Crippen LogP contribution in [0, 0.1) is 11.7 Å². The van der Waals surface area contributed by atoms with Crippen molar-refractivity contribution < 1.29 is 9.50 Å². The predicted octanol–water partition coefficient (Wildman–Crippen LogP) is 3.15. The standard InChI is InChI=1S/C14H20FNO/c1-11-4-3-8-16(9-7-11)10-12-5-2-6-13(15)14(12)17/h2,5-6,11,17H,3-4,7-10H2,1H3. The lowest BCUT2D eigenvalue weighted by molar-refractivity contribution is 0.268. The Labute approximate surface area is 102 Å². The number of benzene rings is 1. The Bertz CT molecular complexity index is 380. The van der Waals surface area contributed by atoms with E-state index >= 15 is 0 Å². The highest BCUT2D eigenvalue weighted by Gasteiger charge is 2.16. The van der Waals surface area contributed by atoms with Crippen LogP contribution in [0.15, 0.2) is 18.2 Å². The van der Waals surface area contributed by atoms with Gasteiger partial charge in [0.25, 0.3) is 0 Å². The summed E-state index contributed by atoms with van der Waals surface area (Å²) in [7, 11) is 0. The molecular formula is C14H20FNO. The van der Waals surface area contributed by atoms with Gasteiger partial charge in [-0.15, -0.1) is 0 Å². The van der Waals surface area contributed by atoms with Crippen LogP contribution in [0.2, 0.25) is 0 Å². The van der Waals surface area contributed by atoms with Gasteiger partial charge in [-0.05, 0) is 44.3 Å². The van der Waals surface area contributed by atoms with Gasteiger partial charge in [0.1, 0.15) is 0 Å². The fourth-order valence-corrected chi connectivity index (χ4v) is 2.41. The molecule has 1 heterocycles. The molecule has 0 aromatic heterocycles. The Morgan fingerprint density at radius 2 is 2.18 bits per heavy atom. The van der Waals surface area contributed by atoms with Gasteiger partial charge in [-0.3, -0.25) is 4.90 Å². The summed E-state index contributed by atoms with van der Waals surface area (Å²) in [5.41, 5.74) is 0.694. The number of nitrogens with zero attached hydrogens (tertiary/aromatic N) is 1. The summed E-state index contributed by atoms with van der Waals surface area (Å²) in [5.74, 6) is 0.0663. The molecule has 0 spiro atoms. The first-order chi connectivity index (χ1) is 8.16. The van der Waals surface area contributed by atoms with E-state index in [2.05, 4.69) is 11.8 Å². The van der Waals surface area contributed by atoms with E-state index in [0.717, 1.165) is 19.0 Å². The van der Waals surface area contributed by atoms with Gasteiger partial charge in [0.05, 0.1) is 0 Å². The van der Waals surface area contributed by atoms with E-state index in [-0.39, 0.29) is 5.75 Å². The number of rotatable bonds is 2. The molecule has 1 aromatic carbocycles. The third kappa shape index (κ3) is 3.19. The number of phenolic OH excluding ortho intramolecular Hbond substituents is 1. The number of hydrogen-bond donors (Lipinski definition) is 1. The lowest BCUT2D eigenvalue weighted by Crippen LogP contribution is -2.24. The number of phenols is 1. The van der Waals surface area contributed by atoms with Crippen molar-refractivity contribution in [2.75, 3.05) is 13.1 Å². The van der Waals surface area contributed by atoms with E-state index < -0.39 is 5.82 Å². The van der Waals surface area contributed by atoms with Crippen molar-refractivity contribution in [3.05, 3.63) is 29.6 Å². The smallest absolute Gasteiger partial charge is 0.165 e. The molecule has 0 radical (unpaired) electrons. The van der Waals surface area contributed by atoms with Crippen molar-refractivity contribution in [3.8, 4) is 5.75 Å². The first kappa shape index (κ1) is 12.4. The summed E-state index contributed by atoms with van der Waals surface area (Å²) >= 11 is 0. The van der Waals surface area contributed by atoms with Gasteiger partial charge >= 0.3 is 0 Å².